The first-order valence-corrected chi connectivity index (χ1v) is 9.16. The van der Waals surface area contributed by atoms with Crippen LogP contribution in [0.2, 0.25) is 0 Å². The molecule has 4 heteroatoms. The van der Waals surface area contributed by atoms with Crippen molar-refractivity contribution in [2.45, 2.75) is 12.8 Å². The number of hydrogen-bond donors (Lipinski definition) is 1. The van der Waals surface area contributed by atoms with Gasteiger partial charge in [-0.2, -0.15) is 0 Å². The molecule has 0 unspecified atom stereocenters. The number of fused-ring (bicyclic) bond motifs is 4. The van der Waals surface area contributed by atoms with Crippen molar-refractivity contribution in [2.24, 2.45) is 0 Å². The SMILES string of the molecule is O=C(Cc1ccc2c(c1)OCCO2)Nc1ccc2c(c1)Cc1ccccc1-2. The van der Waals surface area contributed by atoms with Crippen LogP contribution in [0.4, 0.5) is 5.69 Å². The Morgan fingerprint density at radius 1 is 0.852 bits per heavy atom. The van der Waals surface area contributed by atoms with Crippen LogP contribution in [0, 0.1) is 0 Å². The Morgan fingerprint density at radius 3 is 2.59 bits per heavy atom. The van der Waals surface area contributed by atoms with Crippen molar-refractivity contribution in [1.29, 1.82) is 0 Å². The first-order chi connectivity index (χ1) is 13.3. The number of ether oxygens (including phenoxy) is 2. The van der Waals surface area contributed by atoms with Crippen LogP contribution in [0.1, 0.15) is 16.7 Å². The van der Waals surface area contributed by atoms with Crippen molar-refractivity contribution in [1.82, 2.24) is 0 Å². The van der Waals surface area contributed by atoms with Crippen LogP contribution in [0.3, 0.4) is 0 Å². The fraction of sp³-hybridized carbons (Fsp3) is 0.174. The van der Waals surface area contributed by atoms with E-state index in [4.69, 9.17) is 9.47 Å². The van der Waals surface area contributed by atoms with Gasteiger partial charge in [-0.15, -0.1) is 0 Å². The van der Waals surface area contributed by atoms with Crippen LogP contribution in [-0.2, 0) is 17.6 Å². The summed E-state index contributed by atoms with van der Waals surface area (Å²) in [6.07, 6.45) is 1.21. The molecule has 1 aliphatic carbocycles. The highest BCUT2D eigenvalue weighted by Gasteiger charge is 2.18. The van der Waals surface area contributed by atoms with Crippen LogP contribution in [-0.4, -0.2) is 19.1 Å². The molecule has 3 aromatic carbocycles. The third kappa shape index (κ3) is 3.04. The highest BCUT2D eigenvalue weighted by molar-refractivity contribution is 5.93. The van der Waals surface area contributed by atoms with E-state index in [9.17, 15) is 4.79 Å². The van der Waals surface area contributed by atoms with E-state index in [1.54, 1.807) is 0 Å². The fourth-order valence-corrected chi connectivity index (χ4v) is 3.81. The molecule has 0 radical (unpaired) electrons. The molecule has 2 aliphatic rings. The van der Waals surface area contributed by atoms with Crippen LogP contribution in [0.15, 0.2) is 60.7 Å². The monoisotopic (exact) mass is 357 g/mol. The summed E-state index contributed by atoms with van der Waals surface area (Å²) in [6, 6.07) is 20.3. The molecule has 0 saturated heterocycles. The van der Waals surface area contributed by atoms with E-state index in [-0.39, 0.29) is 5.91 Å². The van der Waals surface area contributed by atoms with Gasteiger partial charge in [0.1, 0.15) is 13.2 Å². The second-order valence-electron chi connectivity index (χ2n) is 6.91. The maximum atomic E-state index is 12.5. The fourth-order valence-electron chi connectivity index (χ4n) is 3.81. The van der Waals surface area contributed by atoms with Gasteiger partial charge in [0.05, 0.1) is 6.42 Å². The van der Waals surface area contributed by atoms with Crippen LogP contribution in [0.25, 0.3) is 11.1 Å². The lowest BCUT2D eigenvalue weighted by Crippen LogP contribution is -2.17. The van der Waals surface area contributed by atoms with E-state index in [0.717, 1.165) is 23.4 Å². The summed E-state index contributed by atoms with van der Waals surface area (Å²) >= 11 is 0. The summed E-state index contributed by atoms with van der Waals surface area (Å²) in [5.41, 5.74) is 6.90. The molecule has 1 N–H and O–H groups in total. The number of anilines is 1. The quantitative estimate of drug-likeness (QED) is 0.597. The van der Waals surface area contributed by atoms with E-state index >= 15 is 0 Å². The van der Waals surface area contributed by atoms with Gasteiger partial charge in [0, 0.05) is 5.69 Å². The number of nitrogens with one attached hydrogen (secondary N) is 1. The lowest BCUT2D eigenvalue weighted by atomic mass is 10.1. The summed E-state index contributed by atoms with van der Waals surface area (Å²) in [7, 11) is 0. The average molecular weight is 357 g/mol. The number of benzene rings is 3. The van der Waals surface area contributed by atoms with Gasteiger partial charge in [-0.3, -0.25) is 4.79 Å². The second-order valence-corrected chi connectivity index (χ2v) is 6.91. The van der Waals surface area contributed by atoms with E-state index in [0.29, 0.717) is 25.4 Å². The van der Waals surface area contributed by atoms with Crippen molar-refractivity contribution in [3.8, 4) is 22.6 Å². The topological polar surface area (TPSA) is 47.6 Å². The van der Waals surface area contributed by atoms with E-state index in [2.05, 4.69) is 41.7 Å². The van der Waals surface area contributed by atoms with Gasteiger partial charge in [0.15, 0.2) is 11.5 Å². The van der Waals surface area contributed by atoms with Crippen LogP contribution < -0.4 is 14.8 Å². The van der Waals surface area contributed by atoms with Gasteiger partial charge in [-0.05, 0) is 58.5 Å². The lowest BCUT2D eigenvalue weighted by molar-refractivity contribution is -0.115. The van der Waals surface area contributed by atoms with Crippen LogP contribution >= 0.6 is 0 Å². The molecule has 1 aliphatic heterocycles. The van der Waals surface area contributed by atoms with Crippen molar-refractivity contribution in [2.75, 3.05) is 18.5 Å². The zero-order valence-corrected chi connectivity index (χ0v) is 14.8. The molecule has 1 amide bonds. The Kier molecular flexibility index (Phi) is 3.82. The van der Waals surface area contributed by atoms with Gasteiger partial charge >= 0.3 is 0 Å². The minimum Gasteiger partial charge on any atom is -0.486 e. The number of carbonyl (C=O) groups is 1. The van der Waals surface area contributed by atoms with E-state index in [1.807, 2.05) is 24.3 Å². The summed E-state index contributed by atoms with van der Waals surface area (Å²) in [6.45, 7) is 1.11. The highest BCUT2D eigenvalue weighted by Crippen LogP contribution is 2.37. The van der Waals surface area contributed by atoms with Gasteiger partial charge in [-0.25, -0.2) is 0 Å². The smallest absolute Gasteiger partial charge is 0.228 e. The molecular weight excluding hydrogens is 338 g/mol. The molecule has 134 valence electrons. The lowest BCUT2D eigenvalue weighted by Gasteiger charge is -2.18. The summed E-state index contributed by atoms with van der Waals surface area (Å²) < 4.78 is 11.1. The Balaban J connectivity index is 1.30. The minimum atomic E-state index is -0.0397. The standard InChI is InChI=1S/C23H19NO3/c25-23(12-15-5-8-21-22(11-15)27-10-9-26-21)24-18-6-7-20-17(14-18)13-16-3-1-2-4-19(16)20/h1-8,11,14H,9-10,12-13H2,(H,24,25). The molecule has 0 spiro atoms. The Morgan fingerprint density at radius 2 is 1.67 bits per heavy atom. The zero-order valence-electron chi connectivity index (χ0n) is 14.8. The second kappa shape index (κ2) is 6.47. The molecule has 0 fully saturated rings. The molecular formula is C23H19NO3. The van der Waals surface area contributed by atoms with Crippen molar-refractivity contribution >= 4 is 11.6 Å². The maximum Gasteiger partial charge on any atom is 0.228 e. The number of carbonyl (C=O) groups excluding carboxylic acids is 1. The van der Waals surface area contributed by atoms with E-state index < -0.39 is 0 Å². The number of rotatable bonds is 3. The zero-order chi connectivity index (χ0) is 18.2. The first kappa shape index (κ1) is 15.9. The molecule has 0 saturated carbocycles. The molecule has 0 bridgehead atoms. The van der Waals surface area contributed by atoms with Gasteiger partial charge in [0.2, 0.25) is 5.91 Å². The highest BCUT2D eigenvalue weighted by atomic mass is 16.6. The molecule has 3 aromatic rings. The molecule has 0 aromatic heterocycles. The third-order valence-corrected chi connectivity index (χ3v) is 5.05. The largest absolute Gasteiger partial charge is 0.486 e. The molecule has 1 heterocycles. The van der Waals surface area contributed by atoms with Crippen molar-refractivity contribution in [3.05, 3.63) is 77.4 Å². The Labute approximate surface area is 157 Å². The van der Waals surface area contributed by atoms with Gasteiger partial charge in [-0.1, -0.05) is 36.4 Å². The molecule has 5 rings (SSSR count). The van der Waals surface area contributed by atoms with E-state index in [1.165, 1.54) is 22.3 Å². The van der Waals surface area contributed by atoms with Gasteiger partial charge < -0.3 is 14.8 Å². The summed E-state index contributed by atoms with van der Waals surface area (Å²) in [5.74, 6) is 1.41. The van der Waals surface area contributed by atoms with Crippen molar-refractivity contribution in [3.63, 3.8) is 0 Å². The Bertz CT molecular complexity index is 1040. The predicted molar refractivity (Wildman–Crippen MR) is 104 cm³/mol. The average Bonchev–Trinajstić information content (AvgIpc) is 3.05. The molecule has 0 atom stereocenters. The number of amides is 1. The van der Waals surface area contributed by atoms with Crippen molar-refractivity contribution < 1.29 is 14.3 Å². The first-order valence-electron chi connectivity index (χ1n) is 9.16. The molecule has 27 heavy (non-hydrogen) atoms. The number of hydrogen-bond acceptors (Lipinski definition) is 3. The summed E-state index contributed by atoms with van der Waals surface area (Å²) in [5, 5.41) is 3.02. The normalized spacial score (nSPS) is 13.6. The third-order valence-electron chi connectivity index (χ3n) is 5.05. The predicted octanol–water partition coefficient (Wildman–Crippen LogP) is 4.21. The van der Waals surface area contributed by atoms with Crippen LogP contribution in [0.5, 0.6) is 11.5 Å². The van der Waals surface area contributed by atoms with Gasteiger partial charge in [0.25, 0.3) is 0 Å². The maximum absolute atomic E-state index is 12.5. The minimum absolute atomic E-state index is 0.0397. The Hall–Kier alpha value is -3.27. The molecule has 4 nitrogen and oxygen atoms in total. The summed E-state index contributed by atoms with van der Waals surface area (Å²) in [4.78, 5) is 12.5.